The maximum atomic E-state index is 12.9. The fourth-order valence-electron chi connectivity index (χ4n) is 3.90. The minimum absolute atomic E-state index is 0.0399. The number of ether oxygens (including phenoxy) is 3. The second-order valence-electron chi connectivity index (χ2n) is 7.24. The lowest BCUT2D eigenvalue weighted by Gasteiger charge is -2.35. The van der Waals surface area contributed by atoms with E-state index in [0.717, 1.165) is 0 Å². The summed E-state index contributed by atoms with van der Waals surface area (Å²) in [5, 5.41) is 0. The summed E-state index contributed by atoms with van der Waals surface area (Å²) in [4.78, 5) is 42.3. The van der Waals surface area contributed by atoms with Crippen LogP contribution >= 0.6 is 0 Å². The molecule has 2 fully saturated rings. The zero-order valence-corrected chi connectivity index (χ0v) is 16.5. The molecule has 29 heavy (non-hydrogen) atoms. The van der Waals surface area contributed by atoms with Gasteiger partial charge in [-0.3, -0.25) is 9.59 Å². The van der Waals surface area contributed by atoms with Crippen LogP contribution in [0.1, 0.15) is 13.3 Å². The Hall–Kier alpha value is -2.97. The second kappa shape index (κ2) is 8.18. The number of anilines is 1. The van der Waals surface area contributed by atoms with Crippen molar-refractivity contribution in [1.29, 1.82) is 0 Å². The van der Waals surface area contributed by atoms with Crippen molar-refractivity contribution in [3.05, 3.63) is 18.2 Å². The Morgan fingerprint density at radius 1 is 1.07 bits per heavy atom. The molecule has 3 heterocycles. The normalized spacial score (nSPS) is 21.3. The lowest BCUT2D eigenvalue weighted by Crippen LogP contribution is -2.52. The molecule has 1 aromatic carbocycles. The van der Waals surface area contributed by atoms with Crippen LogP contribution in [-0.4, -0.2) is 80.3 Å². The molecule has 0 N–H and O–H groups in total. The van der Waals surface area contributed by atoms with Gasteiger partial charge in [-0.1, -0.05) is 0 Å². The third kappa shape index (κ3) is 3.94. The first kappa shape index (κ1) is 19.4. The SMILES string of the molecule is CCOC(=O)N1CCN(C(=O)C2CC(=O)N(c3ccc4c(c3)OCCO4)C2)CC1. The molecule has 9 nitrogen and oxygen atoms in total. The van der Waals surface area contributed by atoms with Crippen molar-refractivity contribution in [3.8, 4) is 11.5 Å². The predicted octanol–water partition coefficient (Wildman–Crippen LogP) is 1.11. The maximum absolute atomic E-state index is 12.9. The van der Waals surface area contributed by atoms with Crippen molar-refractivity contribution < 1.29 is 28.6 Å². The third-order valence-corrected chi connectivity index (χ3v) is 5.43. The summed E-state index contributed by atoms with van der Waals surface area (Å²) in [5.41, 5.74) is 0.710. The summed E-state index contributed by atoms with van der Waals surface area (Å²) in [6, 6.07) is 5.40. The van der Waals surface area contributed by atoms with Crippen LogP contribution in [0.3, 0.4) is 0 Å². The summed E-state index contributed by atoms with van der Waals surface area (Å²) in [6.45, 7) is 5.21. The summed E-state index contributed by atoms with van der Waals surface area (Å²) in [7, 11) is 0. The average Bonchev–Trinajstić information content (AvgIpc) is 3.14. The minimum atomic E-state index is -0.384. The summed E-state index contributed by atoms with van der Waals surface area (Å²) in [5.74, 6) is 0.780. The minimum Gasteiger partial charge on any atom is -0.486 e. The lowest BCUT2D eigenvalue weighted by molar-refractivity contribution is -0.137. The molecule has 1 aromatic rings. The Bertz CT molecular complexity index is 805. The molecule has 3 aliphatic heterocycles. The van der Waals surface area contributed by atoms with Crippen molar-refractivity contribution in [3.63, 3.8) is 0 Å². The molecule has 3 aliphatic rings. The number of nitrogens with zero attached hydrogens (tertiary/aromatic N) is 3. The first-order chi connectivity index (χ1) is 14.1. The molecule has 156 valence electrons. The number of carbonyl (C=O) groups is 3. The smallest absolute Gasteiger partial charge is 0.409 e. The van der Waals surface area contributed by atoms with Crippen LogP contribution in [-0.2, 0) is 14.3 Å². The summed E-state index contributed by atoms with van der Waals surface area (Å²) < 4.78 is 16.1. The fraction of sp³-hybridized carbons (Fsp3) is 0.550. The highest BCUT2D eigenvalue weighted by molar-refractivity contribution is 6.00. The number of piperazine rings is 1. The molecule has 9 heteroatoms. The predicted molar refractivity (Wildman–Crippen MR) is 103 cm³/mol. The van der Waals surface area contributed by atoms with Crippen molar-refractivity contribution >= 4 is 23.6 Å². The Kier molecular flexibility index (Phi) is 5.46. The molecule has 0 radical (unpaired) electrons. The van der Waals surface area contributed by atoms with Crippen LogP contribution in [0.25, 0.3) is 0 Å². The van der Waals surface area contributed by atoms with Gasteiger partial charge in [-0.25, -0.2) is 4.79 Å². The van der Waals surface area contributed by atoms with Crippen LogP contribution in [0.15, 0.2) is 18.2 Å². The van der Waals surface area contributed by atoms with Gasteiger partial charge in [-0.05, 0) is 19.1 Å². The number of hydrogen-bond donors (Lipinski definition) is 0. The molecule has 4 rings (SSSR count). The highest BCUT2D eigenvalue weighted by Crippen LogP contribution is 2.36. The van der Waals surface area contributed by atoms with E-state index in [1.54, 1.807) is 33.8 Å². The largest absolute Gasteiger partial charge is 0.486 e. The van der Waals surface area contributed by atoms with Crippen molar-refractivity contribution in [2.75, 3.05) is 57.4 Å². The number of benzene rings is 1. The van der Waals surface area contributed by atoms with Crippen molar-refractivity contribution in [2.45, 2.75) is 13.3 Å². The molecular weight excluding hydrogens is 378 g/mol. The lowest BCUT2D eigenvalue weighted by atomic mass is 10.1. The zero-order chi connectivity index (χ0) is 20.4. The molecule has 0 bridgehead atoms. The third-order valence-electron chi connectivity index (χ3n) is 5.43. The van der Waals surface area contributed by atoms with E-state index >= 15 is 0 Å². The Morgan fingerprint density at radius 2 is 1.76 bits per heavy atom. The van der Waals surface area contributed by atoms with Gasteiger partial charge in [-0.15, -0.1) is 0 Å². The average molecular weight is 403 g/mol. The first-order valence-electron chi connectivity index (χ1n) is 9.97. The van der Waals surface area contributed by atoms with E-state index in [1.165, 1.54) is 0 Å². The monoisotopic (exact) mass is 403 g/mol. The number of fused-ring (bicyclic) bond motifs is 1. The van der Waals surface area contributed by atoms with Crippen LogP contribution in [0, 0.1) is 5.92 Å². The maximum Gasteiger partial charge on any atom is 0.409 e. The van der Waals surface area contributed by atoms with Gasteiger partial charge in [0.25, 0.3) is 0 Å². The van der Waals surface area contributed by atoms with E-state index in [0.29, 0.717) is 69.7 Å². The van der Waals surface area contributed by atoms with Crippen molar-refractivity contribution in [2.24, 2.45) is 5.92 Å². The molecule has 3 amide bonds. The van der Waals surface area contributed by atoms with Gasteiger partial charge in [0.2, 0.25) is 11.8 Å². The topological polar surface area (TPSA) is 88.6 Å². The van der Waals surface area contributed by atoms with Crippen LogP contribution < -0.4 is 14.4 Å². The standard InChI is InChI=1S/C20H25N3O6/c1-2-27-20(26)22-7-5-21(6-8-22)19(25)14-11-18(24)23(13-14)15-3-4-16-17(12-15)29-10-9-28-16/h3-4,12,14H,2,5-11,13H2,1H3. The Morgan fingerprint density at radius 3 is 2.48 bits per heavy atom. The van der Waals surface area contributed by atoms with E-state index in [-0.39, 0.29) is 30.2 Å². The highest BCUT2D eigenvalue weighted by Gasteiger charge is 2.38. The van der Waals surface area contributed by atoms with Gasteiger partial charge in [0, 0.05) is 50.9 Å². The number of rotatable bonds is 3. The Labute approximate surface area is 169 Å². The molecule has 1 atom stereocenters. The number of carbonyl (C=O) groups excluding carboxylic acids is 3. The van der Waals surface area contributed by atoms with E-state index in [4.69, 9.17) is 14.2 Å². The molecule has 0 saturated carbocycles. The van der Waals surface area contributed by atoms with Crippen LogP contribution in [0.2, 0.25) is 0 Å². The summed E-state index contributed by atoms with van der Waals surface area (Å²) >= 11 is 0. The highest BCUT2D eigenvalue weighted by atomic mass is 16.6. The van der Waals surface area contributed by atoms with Crippen LogP contribution in [0.4, 0.5) is 10.5 Å². The number of hydrogen-bond acceptors (Lipinski definition) is 6. The second-order valence-corrected chi connectivity index (χ2v) is 7.24. The Balaban J connectivity index is 1.37. The molecule has 0 aromatic heterocycles. The molecule has 2 saturated heterocycles. The van der Waals surface area contributed by atoms with Gasteiger partial charge < -0.3 is 28.9 Å². The summed E-state index contributed by atoms with van der Waals surface area (Å²) in [6.07, 6.45) is -0.161. The molecule has 0 spiro atoms. The van der Waals surface area contributed by atoms with E-state index in [1.807, 2.05) is 6.07 Å². The molecule has 0 aliphatic carbocycles. The number of amides is 3. The van der Waals surface area contributed by atoms with Gasteiger partial charge in [0.05, 0.1) is 12.5 Å². The van der Waals surface area contributed by atoms with E-state index in [2.05, 4.69) is 0 Å². The van der Waals surface area contributed by atoms with E-state index < -0.39 is 0 Å². The van der Waals surface area contributed by atoms with Gasteiger partial charge in [0.1, 0.15) is 13.2 Å². The molecular formula is C20H25N3O6. The van der Waals surface area contributed by atoms with Crippen molar-refractivity contribution in [1.82, 2.24) is 9.80 Å². The fourth-order valence-corrected chi connectivity index (χ4v) is 3.90. The quantitative estimate of drug-likeness (QED) is 0.751. The molecule has 1 unspecified atom stereocenters. The zero-order valence-electron chi connectivity index (χ0n) is 16.5. The van der Waals surface area contributed by atoms with E-state index in [9.17, 15) is 14.4 Å². The van der Waals surface area contributed by atoms with Gasteiger partial charge in [0.15, 0.2) is 11.5 Å². The first-order valence-corrected chi connectivity index (χ1v) is 9.97. The van der Waals surface area contributed by atoms with Gasteiger partial charge in [-0.2, -0.15) is 0 Å². The van der Waals surface area contributed by atoms with Crippen LogP contribution in [0.5, 0.6) is 11.5 Å². The van der Waals surface area contributed by atoms with Gasteiger partial charge >= 0.3 is 6.09 Å².